The van der Waals surface area contributed by atoms with Crippen molar-refractivity contribution in [1.82, 2.24) is 9.88 Å². The van der Waals surface area contributed by atoms with Crippen LogP contribution in [0.4, 0.5) is 10.1 Å². The maximum atomic E-state index is 14.3. The molecule has 2 aromatic carbocycles. The molecule has 0 aliphatic carbocycles. The SMILES string of the molecule is CN(C)Cc1ccc(C2C3=NCC(=O)c4cc(F)cc(c43)NC2c2ccncc2)cc1. The van der Waals surface area contributed by atoms with Gasteiger partial charge in [-0.3, -0.25) is 14.8 Å². The Kier molecular flexibility index (Phi) is 4.87. The van der Waals surface area contributed by atoms with E-state index in [1.165, 1.54) is 17.7 Å². The van der Waals surface area contributed by atoms with Gasteiger partial charge in [0.15, 0.2) is 5.78 Å². The molecule has 1 N–H and O–H groups in total. The molecule has 2 atom stereocenters. The van der Waals surface area contributed by atoms with Gasteiger partial charge in [0.2, 0.25) is 0 Å². The van der Waals surface area contributed by atoms with Crippen LogP contribution in [-0.2, 0) is 6.54 Å². The normalized spacial score (nSPS) is 19.6. The molecule has 0 saturated carbocycles. The fraction of sp³-hybridized carbons (Fsp3) is 0.240. The average Bonchev–Trinajstić information content (AvgIpc) is 2.76. The van der Waals surface area contributed by atoms with Crippen molar-refractivity contribution in [2.24, 2.45) is 4.99 Å². The lowest BCUT2D eigenvalue weighted by atomic mass is 9.75. The van der Waals surface area contributed by atoms with Crippen LogP contribution in [0, 0.1) is 5.82 Å². The van der Waals surface area contributed by atoms with Gasteiger partial charge in [0, 0.05) is 35.8 Å². The van der Waals surface area contributed by atoms with Crippen LogP contribution in [0.5, 0.6) is 0 Å². The first-order chi connectivity index (χ1) is 15.0. The number of rotatable bonds is 4. The van der Waals surface area contributed by atoms with Crippen LogP contribution in [0.15, 0.2) is 65.9 Å². The number of carbonyl (C=O) groups excluding carboxylic acids is 1. The number of hydrogen-bond donors (Lipinski definition) is 1. The van der Waals surface area contributed by atoms with E-state index in [4.69, 9.17) is 4.99 Å². The number of aliphatic imine (C=N–C) groups is 1. The minimum atomic E-state index is -0.421. The highest BCUT2D eigenvalue weighted by Crippen LogP contribution is 2.45. The lowest BCUT2D eigenvalue weighted by Crippen LogP contribution is -2.36. The largest absolute Gasteiger partial charge is 0.377 e. The number of nitrogens with one attached hydrogen (secondary N) is 1. The molecule has 1 aromatic heterocycles. The number of carbonyl (C=O) groups is 1. The zero-order valence-corrected chi connectivity index (χ0v) is 17.5. The van der Waals surface area contributed by atoms with Crippen molar-refractivity contribution in [2.45, 2.75) is 18.5 Å². The van der Waals surface area contributed by atoms with Crippen molar-refractivity contribution in [3.8, 4) is 0 Å². The fourth-order valence-electron chi connectivity index (χ4n) is 4.59. The highest BCUT2D eigenvalue weighted by atomic mass is 19.1. The average molecular weight is 414 g/mol. The third-order valence-corrected chi connectivity index (χ3v) is 5.89. The minimum Gasteiger partial charge on any atom is -0.377 e. The summed E-state index contributed by atoms with van der Waals surface area (Å²) < 4.78 is 14.3. The molecule has 2 aliphatic heterocycles. The molecule has 2 aliphatic rings. The van der Waals surface area contributed by atoms with E-state index in [2.05, 4.69) is 39.5 Å². The first-order valence-corrected chi connectivity index (χ1v) is 10.3. The van der Waals surface area contributed by atoms with Crippen LogP contribution in [0.1, 0.15) is 44.6 Å². The Balaban J connectivity index is 1.67. The predicted octanol–water partition coefficient (Wildman–Crippen LogP) is 4.22. The molecule has 0 radical (unpaired) electrons. The zero-order valence-electron chi connectivity index (χ0n) is 17.5. The molecule has 31 heavy (non-hydrogen) atoms. The molecule has 5 nitrogen and oxygen atoms in total. The van der Waals surface area contributed by atoms with Crippen LogP contribution in [0.25, 0.3) is 0 Å². The second kappa shape index (κ2) is 7.71. The highest BCUT2D eigenvalue weighted by molar-refractivity contribution is 6.21. The van der Waals surface area contributed by atoms with Gasteiger partial charge < -0.3 is 10.2 Å². The minimum absolute atomic E-state index is 0.0451. The first kappa shape index (κ1) is 19.6. The topological polar surface area (TPSA) is 57.6 Å². The molecule has 6 heteroatoms. The summed E-state index contributed by atoms with van der Waals surface area (Å²) in [5, 5.41) is 3.50. The van der Waals surface area contributed by atoms with Gasteiger partial charge in [0.1, 0.15) is 12.4 Å². The molecule has 3 aromatic rings. The van der Waals surface area contributed by atoms with E-state index in [-0.39, 0.29) is 24.3 Å². The van der Waals surface area contributed by atoms with Gasteiger partial charge in [-0.1, -0.05) is 24.3 Å². The molecule has 5 rings (SSSR count). The number of ketones is 1. The maximum absolute atomic E-state index is 14.3. The molecule has 0 bridgehead atoms. The van der Waals surface area contributed by atoms with E-state index >= 15 is 0 Å². The maximum Gasteiger partial charge on any atom is 0.185 e. The van der Waals surface area contributed by atoms with E-state index in [0.29, 0.717) is 11.3 Å². The molecule has 0 amide bonds. The molecule has 3 heterocycles. The van der Waals surface area contributed by atoms with Gasteiger partial charge >= 0.3 is 0 Å². The van der Waals surface area contributed by atoms with Crippen LogP contribution in [0.2, 0.25) is 0 Å². The standard InChI is InChI=1S/C25H23FN4O/c1-30(2)14-15-3-5-16(6-4-15)22-24(17-7-9-27-10-8-17)29-20-12-18(26)11-19-21(31)13-28-25(22)23(19)20/h3-12,22,24,29H,13-14H2,1-2H3. The number of halogens is 1. The second-order valence-electron chi connectivity index (χ2n) is 8.36. The van der Waals surface area contributed by atoms with Crippen molar-refractivity contribution in [3.05, 3.63) is 94.6 Å². The number of nitrogens with zero attached hydrogens (tertiary/aromatic N) is 3. The summed E-state index contributed by atoms with van der Waals surface area (Å²) in [7, 11) is 4.09. The number of aromatic nitrogens is 1. The summed E-state index contributed by atoms with van der Waals surface area (Å²) in [5.74, 6) is -0.680. The number of pyridine rings is 1. The number of hydrogen-bond acceptors (Lipinski definition) is 5. The monoisotopic (exact) mass is 414 g/mol. The van der Waals surface area contributed by atoms with Crippen LogP contribution >= 0.6 is 0 Å². The number of Topliss-reactive ketones (excluding diaryl/α,β-unsaturated/α-hetero) is 1. The summed E-state index contributed by atoms with van der Waals surface area (Å²) in [5.41, 5.74) is 5.95. The van der Waals surface area contributed by atoms with E-state index < -0.39 is 5.82 Å². The Morgan fingerprint density at radius 1 is 1.06 bits per heavy atom. The van der Waals surface area contributed by atoms with Crippen molar-refractivity contribution < 1.29 is 9.18 Å². The van der Waals surface area contributed by atoms with Gasteiger partial charge in [-0.2, -0.15) is 0 Å². The van der Waals surface area contributed by atoms with Crippen molar-refractivity contribution in [2.75, 3.05) is 26.0 Å². The predicted molar refractivity (Wildman–Crippen MR) is 119 cm³/mol. The van der Waals surface area contributed by atoms with Gasteiger partial charge in [0.05, 0.1) is 17.7 Å². The lowest BCUT2D eigenvalue weighted by Gasteiger charge is -2.38. The Morgan fingerprint density at radius 3 is 2.52 bits per heavy atom. The van der Waals surface area contributed by atoms with Crippen molar-refractivity contribution in [3.63, 3.8) is 0 Å². The molecule has 0 saturated heterocycles. The molecule has 0 spiro atoms. The summed E-state index contributed by atoms with van der Waals surface area (Å²) in [4.78, 5) is 23.5. The molecule has 0 fully saturated rings. The van der Waals surface area contributed by atoms with E-state index in [9.17, 15) is 9.18 Å². The van der Waals surface area contributed by atoms with Crippen molar-refractivity contribution in [1.29, 1.82) is 0 Å². The smallest absolute Gasteiger partial charge is 0.185 e. The third-order valence-electron chi connectivity index (χ3n) is 5.89. The van der Waals surface area contributed by atoms with E-state index in [1.807, 2.05) is 26.2 Å². The Bertz CT molecular complexity index is 1170. The quantitative estimate of drug-likeness (QED) is 0.695. The molecular weight excluding hydrogens is 391 g/mol. The molecule has 2 unspecified atom stereocenters. The van der Waals surface area contributed by atoms with Crippen LogP contribution in [-0.4, -0.2) is 42.0 Å². The van der Waals surface area contributed by atoms with Gasteiger partial charge in [-0.15, -0.1) is 0 Å². The molecular formula is C25H23FN4O. The van der Waals surface area contributed by atoms with Crippen LogP contribution in [0.3, 0.4) is 0 Å². The van der Waals surface area contributed by atoms with Crippen molar-refractivity contribution >= 4 is 17.2 Å². The lowest BCUT2D eigenvalue weighted by molar-refractivity contribution is 0.0999. The van der Waals surface area contributed by atoms with Crippen LogP contribution < -0.4 is 5.32 Å². The fourth-order valence-corrected chi connectivity index (χ4v) is 4.59. The summed E-state index contributed by atoms with van der Waals surface area (Å²) in [6, 6.07) is 15.1. The highest BCUT2D eigenvalue weighted by Gasteiger charge is 2.39. The Labute approximate surface area is 180 Å². The Morgan fingerprint density at radius 2 is 1.81 bits per heavy atom. The summed E-state index contributed by atoms with van der Waals surface area (Å²) in [6.45, 7) is 0.905. The first-order valence-electron chi connectivity index (χ1n) is 10.3. The van der Waals surface area contributed by atoms with Gasteiger partial charge in [0.25, 0.3) is 0 Å². The van der Waals surface area contributed by atoms with Gasteiger partial charge in [-0.05, 0) is 55.1 Å². The summed E-state index contributed by atoms with van der Waals surface area (Å²) in [6.07, 6.45) is 3.51. The number of anilines is 1. The molecule has 156 valence electrons. The Hall–Kier alpha value is -3.38. The number of benzene rings is 2. The van der Waals surface area contributed by atoms with Gasteiger partial charge in [-0.25, -0.2) is 4.39 Å². The zero-order chi connectivity index (χ0) is 21.5. The summed E-state index contributed by atoms with van der Waals surface area (Å²) >= 11 is 0. The second-order valence-corrected chi connectivity index (χ2v) is 8.36. The van der Waals surface area contributed by atoms with E-state index in [0.717, 1.165) is 28.9 Å². The van der Waals surface area contributed by atoms with E-state index in [1.54, 1.807) is 12.4 Å². The third kappa shape index (κ3) is 3.53.